The van der Waals surface area contributed by atoms with Crippen LogP contribution in [0.2, 0.25) is 0 Å². The molecule has 0 bridgehead atoms. The molecular formula is C17H15F2NO. The standard InChI is InChI=1S/C17H15F2NO/c1-20(17-6-4-15(18)5-7-17)12-14-9-13(3-2-8-21)10-16(19)11-14/h4-7,9-11,21H,8,12H2,1H3. The van der Waals surface area contributed by atoms with E-state index < -0.39 is 0 Å². The van der Waals surface area contributed by atoms with Gasteiger partial charge in [0.2, 0.25) is 0 Å². The van der Waals surface area contributed by atoms with E-state index in [9.17, 15) is 8.78 Å². The largest absolute Gasteiger partial charge is 0.384 e. The predicted molar refractivity (Wildman–Crippen MR) is 78.9 cm³/mol. The van der Waals surface area contributed by atoms with Gasteiger partial charge in [-0.25, -0.2) is 8.78 Å². The van der Waals surface area contributed by atoms with Gasteiger partial charge in [-0.2, -0.15) is 0 Å². The van der Waals surface area contributed by atoms with E-state index >= 15 is 0 Å². The van der Waals surface area contributed by atoms with E-state index in [-0.39, 0.29) is 18.2 Å². The molecule has 0 heterocycles. The molecule has 0 fully saturated rings. The number of nitrogens with zero attached hydrogens (tertiary/aromatic N) is 1. The number of aliphatic hydroxyl groups excluding tert-OH is 1. The van der Waals surface area contributed by atoms with E-state index in [1.165, 1.54) is 24.3 Å². The highest BCUT2D eigenvalue weighted by molar-refractivity contribution is 5.47. The van der Waals surface area contributed by atoms with Crippen molar-refractivity contribution >= 4 is 5.69 Å². The minimum Gasteiger partial charge on any atom is -0.384 e. The maximum atomic E-state index is 13.6. The summed E-state index contributed by atoms with van der Waals surface area (Å²) in [6.45, 7) is 0.207. The first-order chi connectivity index (χ1) is 10.1. The van der Waals surface area contributed by atoms with Crippen LogP contribution in [0.15, 0.2) is 42.5 Å². The first-order valence-electron chi connectivity index (χ1n) is 6.44. The Morgan fingerprint density at radius 2 is 1.76 bits per heavy atom. The van der Waals surface area contributed by atoms with Crippen molar-refractivity contribution in [1.82, 2.24) is 0 Å². The quantitative estimate of drug-likeness (QED) is 0.877. The third-order valence-electron chi connectivity index (χ3n) is 2.96. The number of benzene rings is 2. The first kappa shape index (κ1) is 15.0. The Morgan fingerprint density at radius 1 is 1.05 bits per heavy atom. The summed E-state index contributed by atoms with van der Waals surface area (Å²) in [6, 6.07) is 10.6. The minimum atomic E-state index is -0.373. The zero-order chi connectivity index (χ0) is 15.2. The molecule has 0 spiro atoms. The number of aliphatic hydroxyl groups is 1. The molecule has 2 aromatic rings. The zero-order valence-electron chi connectivity index (χ0n) is 11.6. The summed E-state index contributed by atoms with van der Waals surface area (Å²) in [4.78, 5) is 1.89. The summed E-state index contributed by atoms with van der Waals surface area (Å²) >= 11 is 0. The first-order valence-corrected chi connectivity index (χ1v) is 6.44. The summed E-state index contributed by atoms with van der Waals surface area (Å²) in [7, 11) is 1.84. The molecule has 0 aromatic heterocycles. The van der Waals surface area contributed by atoms with Gasteiger partial charge < -0.3 is 10.0 Å². The van der Waals surface area contributed by atoms with Crippen LogP contribution in [0, 0.1) is 23.5 Å². The highest BCUT2D eigenvalue weighted by Crippen LogP contribution is 2.17. The monoisotopic (exact) mass is 287 g/mol. The minimum absolute atomic E-state index is 0.263. The van der Waals surface area contributed by atoms with Gasteiger partial charge >= 0.3 is 0 Å². The van der Waals surface area contributed by atoms with E-state index in [2.05, 4.69) is 11.8 Å². The predicted octanol–water partition coefficient (Wildman–Crippen LogP) is 2.95. The maximum absolute atomic E-state index is 13.6. The van der Waals surface area contributed by atoms with Crippen LogP contribution in [0.3, 0.4) is 0 Å². The van der Waals surface area contributed by atoms with Crippen molar-refractivity contribution in [2.45, 2.75) is 6.54 Å². The molecule has 0 aliphatic heterocycles. The van der Waals surface area contributed by atoms with Crippen molar-refractivity contribution in [2.24, 2.45) is 0 Å². The van der Waals surface area contributed by atoms with Crippen LogP contribution < -0.4 is 4.90 Å². The lowest BCUT2D eigenvalue weighted by Gasteiger charge is -2.19. The van der Waals surface area contributed by atoms with Gasteiger partial charge in [0.15, 0.2) is 0 Å². The number of halogens is 2. The molecule has 0 aliphatic carbocycles. The molecule has 2 aromatic carbocycles. The van der Waals surface area contributed by atoms with Crippen LogP contribution in [-0.2, 0) is 6.54 Å². The molecule has 2 rings (SSSR count). The summed E-state index contributed by atoms with van der Waals surface area (Å²) in [5, 5.41) is 8.68. The van der Waals surface area contributed by atoms with Crippen molar-refractivity contribution < 1.29 is 13.9 Å². The molecule has 1 N–H and O–H groups in total. The molecule has 0 saturated carbocycles. The lowest BCUT2D eigenvalue weighted by molar-refractivity contribution is 0.350. The van der Waals surface area contributed by atoms with Gasteiger partial charge in [0, 0.05) is 24.8 Å². The van der Waals surface area contributed by atoms with E-state index in [1.54, 1.807) is 18.2 Å². The average Bonchev–Trinajstić information content (AvgIpc) is 2.45. The lowest BCUT2D eigenvalue weighted by Crippen LogP contribution is -2.16. The Hall–Kier alpha value is -2.38. The molecule has 0 amide bonds. The molecule has 0 saturated heterocycles. The number of hydrogen-bond donors (Lipinski definition) is 1. The average molecular weight is 287 g/mol. The molecule has 108 valence electrons. The summed E-state index contributed by atoms with van der Waals surface area (Å²) in [5.41, 5.74) is 2.11. The summed E-state index contributed by atoms with van der Waals surface area (Å²) in [6.07, 6.45) is 0. The fourth-order valence-corrected chi connectivity index (χ4v) is 2.02. The second-order valence-electron chi connectivity index (χ2n) is 4.64. The van der Waals surface area contributed by atoms with Gasteiger partial charge in [0.25, 0.3) is 0 Å². The summed E-state index contributed by atoms with van der Waals surface area (Å²) in [5.74, 6) is 4.52. The van der Waals surface area contributed by atoms with E-state index in [4.69, 9.17) is 5.11 Å². The Bertz CT molecular complexity index is 671. The van der Waals surface area contributed by atoms with E-state index in [0.29, 0.717) is 12.1 Å². The van der Waals surface area contributed by atoms with Gasteiger partial charge in [0.1, 0.15) is 18.2 Å². The molecule has 4 heteroatoms. The highest BCUT2D eigenvalue weighted by atomic mass is 19.1. The smallest absolute Gasteiger partial charge is 0.124 e. The number of hydrogen-bond acceptors (Lipinski definition) is 2. The van der Waals surface area contributed by atoms with E-state index in [0.717, 1.165) is 11.3 Å². The van der Waals surface area contributed by atoms with Gasteiger partial charge in [-0.3, -0.25) is 0 Å². The maximum Gasteiger partial charge on any atom is 0.124 e. The van der Waals surface area contributed by atoms with Crippen molar-refractivity contribution in [3.63, 3.8) is 0 Å². The topological polar surface area (TPSA) is 23.5 Å². The van der Waals surface area contributed by atoms with Crippen LogP contribution in [0.4, 0.5) is 14.5 Å². The second kappa shape index (κ2) is 6.87. The molecular weight excluding hydrogens is 272 g/mol. The second-order valence-corrected chi connectivity index (χ2v) is 4.64. The summed E-state index contributed by atoms with van der Waals surface area (Å²) < 4.78 is 26.5. The van der Waals surface area contributed by atoms with Gasteiger partial charge in [-0.1, -0.05) is 11.8 Å². The fourth-order valence-electron chi connectivity index (χ4n) is 2.02. The van der Waals surface area contributed by atoms with Crippen LogP contribution in [-0.4, -0.2) is 18.8 Å². The van der Waals surface area contributed by atoms with Crippen molar-refractivity contribution in [1.29, 1.82) is 0 Å². The molecule has 2 nitrogen and oxygen atoms in total. The van der Waals surface area contributed by atoms with Gasteiger partial charge in [-0.05, 0) is 48.0 Å². The van der Waals surface area contributed by atoms with Gasteiger partial charge in [-0.15, -0.1) is 0 Å². The third-order valence-corrected chi connectivity index (χ3v) is 2.96. The van der Waals surface area contributed by atoms with Crippen LogP contribution in [0.25, 0.3) is 0 Å². The third kappa shape index (κ3) is 4.30. The Morgan fingerprint density at radius 3 is 2.43 bits per heavy atom. The zero-order valence-corrected chi connectivity index (χ0v) is 11.6. The Labute approximate surface area is 122 Å². The van der Waals surface area contributed by atoms with Crippen LogP contribution in [0.1, 0.15) is 11.1 Å². The SMILES string of the molecule is CN(Cc1cc(F)cc(C#CCO)c1)c1ccc(F)cc1. The van der Waals surface area contributed by atoms with Crippen molar-refractivity contribution in [2.75, 3.05) is 18.6 Å². The lowest BCUT2D eigenvalue weighted by atomic mass is 10.1. The Kier molecular flexibility index (Phi) is 4.91. The molecule has 0 aliphatic rings. The molecule has 0 radical (unpaired) electrons. The molecule has 21 heavy (non-hydrogen) atoms. The molecule has 0 atom stereocenters. The number of rotatable bonds is 3. The highest BCUT2D eigenvalue weighted by Gasteiger charge is 2.05. The van der Waals surface area contributed by atoms with Crippen LogP contribution >= 0.6 is 0 Å². The van der Waals surface area contributed by atoms with Crippen molar-refractivity contribution in [3.05, 3.63) is 65.2 Å². The number of anilines is 1. The van der Waals surface area contributed by atoms with Crippen LogP contribution in [0.5, 0.6) is 0 Å². The normalized spacial score (nSPS) is 9.90. The van der Waals surface area contributed by atoms with Crippen molar-refractivity contribution in [3.8, 4) is 11.8 Å². The van der Waals surface area contributed by atoms with Gasteiger partial charge in [0.05, 0.1) is 0 Å². The fraction of sp³-hybridized carbons (Fsp3) is 0.176. The molecule has 0 unspecified atom stereocenters. The Balaban J connectivity index is 2.18. The van der Waals surface area contributed by atoms with E-state index in [1.807, 2.05) is 11.9 Å².